The topological polar surface area (TPSA) is 26.3 Å². The molecule has 0 aromatic heterocycles. The molecule has 1 aliphatic rings. The van der Waals surface area contributed by atoms with Gasteiger partial charge in [-0.2, -0.15) is 0 Å². The highest BCUT2D eigenvalue weighted by atomic mass is 16.5. The van der Waals surface area contributed by atoms with Crippen molar-refractivity contribution in [1.82, 2.24) is 0 Å². The molecule has 2 nitrogen and oxygen atoms in total. The van der Waals surface area contributed by atoms with E-state index in [2.05, 4.69) is 6.92 Å². The maximum absolute atomic E-state index is 11.8. The highest BCUT2D eigenvalue weighted by molar-refractivity contribution is 5.82. The highest BCUT2D eigenvalue weighted by Crippen LogP contribution is 2.25. The van der Waals surface area contributed by atoms with Gasteiger partial charge < -0.3 is 4.74 Å². The summed E-state index contributed by atoms with van der Waals surface area (Å²) >= 11 is 0. The third kappa shape index (κ3) is 4.26. The molecule has 18 heavy (non-hydrogen) atoms. The number of ether oxygens (including phenoxy) is 1. The Hall–Kier alpha value is -1.15. The zero-order valence-electron chi connectivity index (χ0n) is 11.1. The van der Waals surface area contributed by atoms with Gasteiger partial charge >= 0.3 is 0 Å². The smallest absolute Gasteiger partial charge is 0.162 e. The van der Waals surface area contributed by atoms with Crippen LogP contribution in [0.1, 0.15) is 38.2 Å². The van der Waals surface area contributed by atoms with Gasteiger partial charge in [0.1, 0.15) is 6.61 Å². The number of benzene rings is 1. The molecular weight excluding hydrogens is 224 g/mol. The van der Waals surface area contributed by atoms with Gasteiger partial charge in [-0.1, -0.05) is 50.1 Å². The number of rotatable bonds is 5. The van der Waals surface area contributed by atoms with Gasteiger partial charge in [-0.05, 0) is 24.3 Å². The first-order chi connectivity index (χ1) is 8.74. The number of hydrogen-bond acceptors (Lipinski definition) is 2. The van der Waals surface area contributed by atoms with Crippen LogP contribution in [0.5, 0.6) is 0 Å². The van der Waals surface area contributed by atoms with Gasteiger partial charge in [-0.15, -0.1) is 0 Å². The Balaban J connectivity index is 1.71. The fourth-order valence-electron chi connectivity index (χ4n) is 2.62. The Labute approximate surface area is 109 Å². The average molecular weight is 246 g/mol. The molecule has 2 rings (SSSR count). The van der Waals surface area contributed by atoms with E-state index in [0.29, 0.717) is 12.5 Å². The van der Waals surface area contributed by atoms with Gasteiger partial charge in [-0.25, -0.2) is 0 Å². The molecule has 1 aliphatic carbocycles. The average Bonchev–Trinajstić information content (AvgIpc) is 2.38. The predicted octanol–water partition coefficient (Wildman–Crippen LogP) is 3.39. The van der Waals surface area contributed by atoms with E-state index < -0.39 is 0 Å². The molecule has 1 aromatic carbocycles. The van der Waals surface area contributed by atoms with Crippen LogP contribution in [0.25, 0.3) is 0 Å². The van der Waals surface area contributed by atoms with Crippen molar-refractivity contribution < 1.29 is 9.53 Å². The van der Waals surface area contributed by atoms with Gasteiger partial charge in [0.25, 0.3) is 0 Å². The summed E-state index contributed by atoms with van der Waals surface area (Å²) in [7, 11) is 0. The van der Waals surface area contributed by atoms with Crippen molar-refractivity contribution in [2.75, 3.05) is 6.61 Å². The highest BCUT2D eigenvalue weighted by Gasteiger charge is 2.20. The minimum absolute atomic E-state index is 0.180. The number of ketones is 1. The second-order valence-corrected chi connectivity index (χ2v) is 5.41. The summed E-state index contributed by atoms with van der Waals surface area (Å²) in [6.07, 6.45) is 5.55. The minimum atomic E-state index is 0.180. The zero-order valence-corrected chi connectivity index (χ0v) is 11.1. The molecule has 0 N–H and O–H groups in total. The van der Waals surface area contributed by atoms with Crippen molar-refractivity contribution in [3.8, 4) is 0 Å². The van der Waals surface area contributed by atoms with Crippen molar-refractivity contribution in [2.24, 2.45) is 5.92 Å². The van der Waals surface area contributed by atoms with Gasteiger partial charge in [0.05, 0.1) is 6.10 Å². The lowest BCUT2D eigenvalue weighted by molar-refractivity contribution is -0.125. The van der Waals surface area contributed by atoms with Crippen molar-refractivity contribution in [1.29, 1.82) is 0 Å². The lowest BCUT2D eigenvalue weighted by Crippen LogP contribution is -2.24. The molecule has 0 bridgehead atoms. The summed E-state index contributed by atoms with van der Waals surface area (Å²) in [4.78, 5) is 11.8. The van der Waals surface area contributed by atoms with Crippen LogP contribution in [0, 0.1) is 5.92 Å². The van der Waals surface area contributed by atoms with E-state index in [0.717, 1.165) is 24.3 Å². The van der Waals surface area contributed by atoms with Crippen LogP contribution in [0.15, 0.2) is 30.3 Å². The maximum Gasteiger partial charge on any atom is 0.162 e. The second-order valence-electron chi connectivity index (χ2n) is 5.41. The summed E-state index contributed by atoms with van der Waals surface area (Å²) in [5.41, 5.74) is 1.07. The van der Waals surface area contributed by atoms with E-state index in [-0.39, 0.29) is 12.4 Å². The summed E-state index contributed by atoms with van der Waals surface area (Å²) < 4.78 is 5.74. The zero-order chi connectivity index (χ0) is 12.8. The molecular formula is C16H22O2. The molecule has 0 radical (unpaired) electrons. The summed E-state index contributed by atoms with van der Waals surface area (Å²) in [6.45, 7) is 2.54. The number of hydrogen-bond donors (Lipinski definition) is 0. The Bertz CT molecular complexity index is 372. The fourth-order valence-corrected chi connectivity index (χ4v) is 2.62. The van der Waals surface area contributed by atoms with Crippen LogP contribution in [-0.4, -0.2) is 18.5 Å². The SMILES string of the molecule is CC1CCCC(OCC(=O)Cc2ccccc2)C1. The van der Waals surface area contributed by atoms with E-state index in [1.807, 2.05) is 30.3 Å². The van der Waals surface area contributed by atoms with Gasteiger partial charge in [0, 0.05) is 6.42 Å². The van der Waals surface area contributed by atoms with Crippen LogP contribution in [-0.2, 0) is 16.0 Å². The number of carbonyl (C=O) groups excluding carboxylic acids is 1. The molecule has 1 saturated carbocycles. The first-order valence-corrected chi connectivity index (χ1v) is 6.91. The standard InChI is InChI=1S/C16H22O2/c1-13-6-5-9-16(10-13)18-12-15(17)11-14-7-3-2-4-8-14/h2-4,7-8,13,16H,5-6,9-12H2,1H3. The van der Waals surface area contributed by atoms with Crippen LogP contribution in [0.2, 0.25) is 0 Å². The van der Waals surface area contributed by atoms with Crippen molar-refractivity contribution in [3.05, 3.63) is 35.9 Å². The first-order valence-electron chi connectivity index (χ1n) is 6.91. The van der Waals surface area contributed by atoms with E-state index >= 15 is 0 Å². The second kappa shape index (κ2) is 6.69. The van der Waals surface area contributed by atoms with E-state index in [1.54, 1.807) is 0 Å². The third-order valence-electron chi connectivity index (χ3n) is 3.61. The summed E-state index contributed by atoms with van der Waals surface area (Å²) in [5.74, 6) is 0.924. The molecule has 0 heterocycles. The van der Waals surface area contributed by atoms with Crippen LogP contribution in [0.3, 0.4) is 0 Å². The van der Waals surface area contributed by atoms with Crippen LogP contribution >= 0.6 is 0 Å². The molecule has 0 saturated heterocycles. The molecule has 0 aliphatic heterocycles. The van der Waals surface area contributed by atoms with E-state index in [9.17, 15) is 4.79 Å². The lowest BCUT2D eigenvalue weighted by Gasteiger charge is -2.26. The maximum atomic E-state index is 11.8. The fraction of sp³-hybridized carbons (Fsp3) is 0.562. The van der Waals surface area contributed by atoms with E-state index in [4.69, 9.17) is 4.74 Å². The normalized spacial score (nSPS) is 23.8. The summed E-state index contributed by atoms with van der Waals surface area (Å²) in [5, 5.41) is 0. The molecule has 2 atom stereocenters. The van der Waals surface area contributed by atoms with E-state index in [1.165, 1.54) is 12.8 Å². The lowest BCUT2D eigenvalue weighted by atomic mass is 9.89. The van der Waals surface area contributed by atoms with Crippen LogP contribution < -0.4 is 0 Å². The predicted molar refractivity (Wildman–Crippen MR) is 72.5 cm³/mol. The molecule has 2 heteroatoms. The molecule has 0 amide bonds. The third-order valence-corrected chi connectivity index (χ3v) is 3.61. The molecule has 98 valence electrons. The molecule has 1 aromatic rings. The Morgan fingerprint density at radius 1 is 1.28 bits per heavy atom. The van der Waals surface area contributed by atoms with Gasteiger partial charge in [-0.3, -0.25) is 4.79 Å². The molecule has 0 spiro atoms. The largest absolute Gasteiger partial charge is 0.370 e. The Kier molecular flexibility index (Phi) is 4.94. The van der Waals surface area contributed by atoms with Gasteiger partial charge in [0.15, 0.2) is 5.78 Å². The van der Waals surface area contributed by atoms with Gasteiger partial charge in [0.2, 0.25) is 0 Å². The van der Waals surface area contributed by atoms with Crippen LogP contribution in [0.4, 0.5) is 0 Å². The Morgan fingerprint density at radius 3 is 2.78 bits per heavy atom. The van der Waals surface area contributed by atoms with Crippen molar-refractivity contribution >= 4 is 5.78 Å². The van der Waals surface area contributed by atoms with Crippen molar-refractivity contribution in [3.63, 3.8) is 0 Å². The van der Waals surface area contributed by atoms with Crippen molar-refractivity contribution in [2.45, 2.75) is 45.1 Å². The monoisotopic (exact) mass is 246 g/mol. The summed E-state index contributed by atoms with van der Waals surface area (Å²) in [6, 6.07) is 9.87. The molecule has 2 unspecified atom stereocenters. The first kappa shape index (κ1) is 13.3. The number of Topliss-reactive ketones (excluding diaryl/α,β-unsaturated/α-hetero) is 1. The Morgan fingerprint density at radius 2 is 2.06 bits per heavy atom. The molecule has 1 fully saturated rings. The number of carbonyl (C=O) groups is 1. The minimum Gasteiger partial charge on any atom is -0.370 e. The quantitative estimate of drug-likeness (QED) is 0.796.